The molecule has 1 unspecified atom stereocenters. The Hall–Kier alpha value is -2.89. The number of rotatable bonds is 5. The van der Waals surface area contributed by atoms with Gasteiger partial charge in [-0.05, 0) is 36.1 Å². The van der Waals surface area contributed by atoms with E-state index in [1.165, 1.54) is 23.1 Å². The lowest BCUT2D eigenvalue weighted by atomic mass is 9.88. The summed E-state index contributed by atoms with van der Waals surface area (Å²) in [5.74, 6) is -1.53. The van der Waals surface area contributed by atoms with E-state index in [1.54, 1.807) is 6.07 Å². The van der Waals surface area contributed by atoms with Crippen LogP contribution < -0.4 is 0 Å². The SMILES string of the molecule is O=C(OCc1ccccc1)N1CCCC1(Cc1cccc(F)c1)C(=O)O. The maximum atomic E-state index is 13.5. The maximum absolute atomic E-state index is 13.5. The molecule has 26 heavy (non-hydrogen) atoms. The number of benzene rings is 2. The molecule has 1 N–H and O–H groups in total. The van der Waals surface area contributed by atoms with Gasteiger partial charge in [0.05, 0.1) is 0 Å². The van der Waals surface area contributed by atoms with Crippen molar-refractivity contribution in [2.75, 3.05) is 6.54 Å². The van der Waals surface area contributed by atoms with E-state index in [1.807, 2.05) is 30.3 Å². The van der Waals surface area contributed by atoms with Crippen LogP contribution >= 0.6 is 0 Å². The smallest absolute Gasteiger partial charge is 0.411 e. The molecule has 1 heterocycles. The zero-order chi connectivity index (χ0) is 18.6. The van der Waals surface area contributed by atoms with Crippen molar-refractivity contribution in [3.05, 3.63) is 71.5 Å². The van der Waals surface area contributed by atoms with Gasteiger partial charge in [-0.2, -0.15) is 0 Å². The van der Waals surface area contributed by atoms with Gasteiger partial charge in [-0.25, -0.2) is 14.0 Å². The van der Waals surface area contributed by atoms with Crippen molar-refractivity contribution in [2.45, 2.75) is 31.4 Å². The molecule has 0 bridgehead atoms. The quantitative estimate of drug-likeness (QED) is 0.887. The zero-order valence-corrected chi connectivity index (χ0v) is 14.2. The van der Waals surface area contributed by atoms with Gasteiger partial charge in [0, 0.05) is 13.0 Å². The Kier molecular flexibility index (Phi) is 5.21. The number of aliphatic carboxylic acids is 1. The fourth-order valence-electron chi connectivity index (χ4n) is 3.41. The van der Waals surface area contributed by atoms with E-state index in [2.05, 4.69) is 0 Å². The number of carboxylic acid groups (broad SMARTS) is 1. The molecule has 136 valence electrons. The van der Waals surface area contributed by atoms with Crippen LogP contribution in [0.2, 0.25) is 0 Å². The number of likely N-dealkylation sites (tertiary alicyclic amines) is 1. The van der Waals surface area contributed by atoms with Crippen LogP contribution in [0.3, 0.4) is 0 Å². The van der Waals surface area contributed by atoms with Crippen molar-refractivity contribution in [1.29, 1.82) is 0 Å². The summed E-state index contributed by atoms with van der Waals surface area (Å²) in [5, 5.41) is 9.86. The number of nitrogens with zero attached hydrogens (tertiary/aromatic N) is 1. The van der Waals surface area contributed by atoms with Crippen molar-refractivity contribution >= 4 is 12.1 Å². The highest BCUT2D eigenvalue weighted by Crippen LogP contribution is 2.34. The van der Waals surface area contributed by atoms with Crippen molar-refractivity contribution < 1.29 is 23.8 Å². The molecular weight excluding hydrogens is 337 g/mol. The summed E-state index contributed by atoms with van der Waals surface area (Å²) in [6, 6.07) is 15.0. The van der Waals surface area contributed by atoms with Crippen LogP contribution in [0, 0.1) is 5.82 Å². The fraction of sp³-hybridized carbons (Fsp3) is 0.300. The third-order valence-corrected chi connectivity index (χ3v) is 4.70. The molecule has 5 nitrogen and oxygen atoms in total. The van der Waals surface area contributed by atoms with Gasteiger partial charge in [-0.1, -0.05) is 42.5 Å². The second kappa shape index (κ2) is 7.56. The predicted octanol–water partition coefficient (Wildman–Crippen LogP) is 3.62. The van der Waals surface area contributed by atoms with Gasteiger partial charge in [0.15, 0.2) is 0 Å². The molecule has 1 aliphatic heterocycles. The maximum Gasteiger partial charge on any atom is 0.411 e. The fourth-order valence-corrected chi connectivity index (χ4v) is 3.41. The molecule has 2 aromatic carbocycles. The number of amides is 1. The van der Waals surface area contributed by atoms with Crippen molar-refractivity contribution in [3.8, 4) is 0 Å². The molecule has 1 fully saturated rings. The zero-order valence-electron chi connectivity index (χ0n) is 14.2. The van der Waals surface area contributed by atoms with Gasteiger partial charge in [-0.3, -0.25) is 4.90 Å². The topological polar surface area (TPSA) is 66.8 Å². The highest BCUT2D eigenvalue weighted by molar-refractivity contribution is 5.85. The van der Waals surface area contributed by atoms with Crippen LogP contribution in [0.5, 0.6) is 0 Å². The molecular formula is C20H20FNO4. The molecule has 0 spiro atoms. The van der Waals surface area contributed by atoms with Crippen molar-refractivity contribution in [2.24, 2.45) is 0 Å². The highest BCUT2D eigenvalue weighted by atomic mass is 19.1. The van der Waals surface area contributed by atoms with Gasteiger partial charge in [-0.15, -0.1) is 0 Å². The van der Waals surface area contributed by atoms with E-state index in [4.69, 9.17) is 4.74 Å². The average Bonchev–Trinajstić information content (AvgIpc) is 3.05. The molecule has 1 amide bonds. The van der Waals surface area contributed by atoms with E-state index in [-0.39, 0.29) is 13.0 Å². The minimum absolute atomic E-state index is 0.0422. The number of ether oxygens (including phenoxy) is 1. The summed E-state index contributed by atoms with van der Waals surface area (Å²) in [6.07, 6.45) is 0.243. The Morgan fingerprint density at radius 1 is 1.12 bits per heavy atom. The highest BCUT2D eigenvalue weighted by Gasteiger charge is 2.50. The Morgan fingerprint density at radius 3 is 2.54 bits per heavy atom. The van der Waals surface area contributed by atoms with Crippen LogP contribution in [0.25, 0.3) is 0 Å². The number of carbonyl (C=O) groups is 2. The first-order valence-electron chi connectivity index (χ1n) is 8.47. The summed E-state index contributed by atoms with van der Waals surface area (Å²) >= 11 is 0. The van der Waals surface area contributed by atoms with Gasteiger partial charge in [0.25, 0.3) is 0 Å². The van der Waals surface area contributed by atoms with Crippen LogP contribution in [-0.4, -0.2) is 34.2 Å². The minimum Gasteiger partial charge on any atom is -0.479 e. The average molecular weight is 357 g/mol. The Bertz CT molecular complexity index is 795. The van der Waals surface area contributed by atoms with Crippen molar-refractivity contribution in [1.82, 2.24) is 4.90 Å². The number of hydrogen-bond donors (Lipinski definition) is 1. The Morgan fingerprint density at radius 2 is 1.85 bits per heavy atom. The van der Waals surface area contributed by atoms with Gasteiger partial charge in [0.2, 0.25) is 0 Å². The Labute approximate surface area is 151 Å². The Balaban J connectivity index is 1.77. The second-order valence-corrected chi connectivity index (χ2v) is 6.44. The summed E-state index contributed by atoms with van der Waals surface area (Å²) in [4.78, 5) is 25.9. The molecule has 0 aromatic heterocycles. The van der Waals surface area contributed by atoms with Crippen LogP contribution in [-0.2, 0) is 22.6 Å². The largest absolute Gasteiger partial charge is 0.479 e. The first-order valence-corrected chi connectivity index (χ1v) is 8.47. The van der Waals surface area contributed by atoms with E-state index in [9.17, 15) is 19.1 Å². The van der Waals surface area contributed by atoms with Crippen LogP contribution in [0.15, 0.2) is 54.6 Å². The number of carbonyl (C=O) groups excluding carboxylic acids is 1. The summed E-state index contributed by atoms with van der Waals surface area (Å²) in [6.45, 7) is 0.376. The van der Waals surface area contributed by atoms with E-state index in [0.717, 1.165) is 5.56 Å². The van der Waals surface area contributed by atoms with E-state index in [0.29, 0.717) is 24.9 Å². The summed E-state index contributed by atoms with van der Waals surface area (Å²) in [7, 11) is 0. The lowest BCUT2D eigenvalue weighted by molar-refractivity contribution is -0.148. The monoisotopic (exact) mass is 357 g/mol. The molecule has 1 atom stereocenters. The molecule has 1 saturated heterocycles. The lowest BCUT2D eigenvalue weighted by Crippen LogP contribution is -2.54. The molecule has 3 rings (SSSR count). The van der Waals surface area contributed by atoms with E-state index >= 15 is 0 Å². The van der Waals surface area contributed by atoms with Crippen molar-refractivity contribution in [3.63, 3.8) is 0 Å². The number of halogens is 1. The predicted molar refractivity (Wildman–Crippen MR) is 93.0 cm³/mol. The summed E-state index contributed by atoms with van der Waals surface area (Å²) < 4.78 is 18.8. The molecule has 0 saturated carbocycles. The van der Waals surface area contributed by atoms with Gasteiger partial charge in [0.1, 0.15) is 18.0 Å². The molecule has 0 aliphatic carbocycles. The first-order chi connectivity index (χ1) is 12.5. The lowest BCUT2D eigenvalue weighted by Gasteiger charge is -2.34. The number of hydrogen-bond acceptors (Lipinski definition) is 3. The number of carboxylic acids is 1. The van der Waals surface area contributed by atoms with Crippen LogP contribution in [0.4, 0.5) is 9.18 Å². The standard InChI is InChI=1S/C20H20FNO4/c21-17-9-4-8-16(12-17)13-20(18(23)24)10-5-11-22(20)19(25)26-14-15-6-2-1-3-7-15/h1-4,6-9,12H,5,10-11,13-14H2,(H,23,24). The van der Waals surface area contributed by atoms with Gasteiger partial charge < -0.3 is 9.84 Å². The van der Waals surface area contributed by atoms with Crippen LogP contribution in [0.1, 0.15) is 24.0 Å². The normalized spacial score (nSPS) is 19.3. The summed E-state index contributed by atoms with van der Waals surface area (Å²) in [5.41, 5.74) is -0.0528. The van der Waals surface area contributed by atoms with Gasteiger partial charge >= 0.3 is 12.1 Å². The van der Waals surface area contributed by atoms with E-state index < -0.39 is 23.4 Å². The molecule has 2 aromatic rings. The third-order valence-electron chi connectivity index (χ3n) is 4.70. The second-order valence-electron chi connectivity index (χ2n) is 6.44. The third kappa shape index (κ3) is 3.69. The molecule has 6 heteroatoms. The minimum atomic E-state index is -1.42. The first kappa shape index (κ1) is 17.9. The molecule has 1 aliphatic rings. The molecule has 0 radical (unpaired) electrons.